The highest BCUT2D eigenvalue weighted by Gasteiger charge is 2.31. The lowest BCUT2D eigenvalue weighted by atomic mass is 10.0. The van der Waals surface area contributed by atoms with Gasteiger partial charge in [0.15, 0.2) is 0 Å². The molecule has 196 valence electrons. The largest absolute Gasteiger partial charge is 0.463 e. The van der Waals surface area contributed by atoms with E-state index in [2.05, 4.69) is 9.98 Å². The summed E-state index contributed by atoms with van der Waals surface area (Å²) in [7, 11) is 0. The van der Waals surface area contributed by atoms with Crippen molar-refractivity contribution in [3.63, 3.8) is 0 Å². The molecule has 2 heterocycles. The summed E-state index contributed by atoms with van der Waals surface area (Å²) in [5.41, 5.74) is 11.0. The number of halogens is 6. The van der Waals surface area contributed by atoms with Gasteiger partial charge in [-0.05, 0) is 55.0 Å². The Morgan fingerprint density at radius 3 is 1.64 bits per heavy atom. The molecule has 2 atom stereocenters. The molecule has 4 N–H and O–H groups in total. The van der Waals surface area contributed by atoms with E-state index in [9.17, 15) is 26.3 Å². The second-order valence-electron chi connectivity index (χ2n) is 8.33. The number of aliphatic imine (C=N–C) groups is 2. The summed E-state index contributed by atoms with van der Waals surface area (Å²) in [6.07, 6.45) is -6.06. The van der Waals surface area contributed by atoms with Crippen LogP contribution in [0.1, 0.15) is 35.1 Å². The molecule has 12 heteroatoms. The number of aryl methyl sites for hydroxylation is 2. The zero-order valence-corrected chi connectivity index (χ0v) is 19.1. The normalized spacial score (nSPS) is 19.5. The van der Waals surface area contributed by atoms with Crippen molar-refractivity contribution in [2.24, 2.45) is 21.5 Å². The van der Waals surface area contributed by atoms with Crippen molar-refractivity contribution in [2.45, 2.75) is 50.1 Å². The summed E-state index contributed by atoms with van der Waals surface area (Å²) in [6.45, 7) is 0.858. The van der Waals surface area contributed by atoms with Gasteiger partial charge in [-0.1, -0.05) is 30.3 Å². The van der Waals surface area contributed by atoms with Crippen LogP contribution in [-0.2, 0) is 34.7 Å². The van der Waals surface area contributed by atoms with Crippen molar-refractivity contribution in [3.05, 3.63) is 70.8 Å². The van der Waals surface area contributed by atoms with Gasteiger partial charge in [0.05, 0.1) is 23.2 Å². The average Bonchev–Trinajstić information content (AvgIpc) is 3.43. The molecule has 0 amide bonds. The van der Waals surface area contributed by atoms with E-state index in [4.69, 9.17) is 20.9 Å². The fraction of sp³-hybridized carbons (Fsp3) is 0.417. The average molecular weight is 516 g/mol. The molecule has 2 aromatic carbocycles. The summed E-state index contributed by atoms with van der Waals surface area (Å²) in [4.78, 5) is 8.08. The summed E-state index contributed by atoms with van der Waals surface area (Å²) < 4.78 is 84.5. The molecule has 2 aliphatic heterocycles. The number of amidine groups is 2. The zero-order chi connectivity index (χ0) is 26.3. The highest BCUT2D eigenvalue weighted by atomic mass is 19.4. The standard InChI is InChI=1S/2C12H13F3N2O/c13-12(14,15)9-4-1-8(2-5-9)3-6-10-7-18-11(16)17-10;13-12(14,15)9-3-1-2-8(6-9)4-5-10-7-18-11(16)17-10/h1-2,4-5,10H,3,6-7H2,(H2,16,17);1-3,6,10H,4-5,7H2,(H2,16,17)/t2*10-/m00/s1. The van der Waals surface area contributed by atoms with Crippen molar-refractivity contribution >= 4 is 12.0 Å². The molecule has 0 fully saturated rings. The molecule has 36 heavy (non-hydrogen) atoms. The minimum atomic E-state index is -4.30. The Kier molecular flexibility index (Phi) is 8.70. The second kappa shape index (κ2) is 11.5. The maximum Gasteiger partial charge on any atom is 0.416 e. The van der Waals surface area contributed by atoms with E-state index in [1.807, 2.05) is 0 Å². The Hall–Kier alpha value is -3.44. The number of nitrogens with two attached hydrogens (primary N) is 2. The van der Waals surface area contributed by atoms with Crippen LogP contribution < -0.4 is 11.5 Å². The molecular formula is C24H26F6N4O2. The van der Waals surface area contributed by atoms with E-state index in [1.54, 1.807) is 6.07 Å². The first kappa shape index (κ1) is 27.2. The van der Waals surface area contributed by atoms with Gasteiger partial charge in [-0.15, -0.1) is 0 Å². The number of ether oxygens (including phenoxy) is 2. The third-order valence-corrected chi connectivity index (χ3v) is 5.53. The third-order valence-electron chi connectivity index (χ3n) is 5.53. The van der Waals surface area contributed by atoms with Crippen molar-refractivity contribution in [2.75, 3.05) is 13.2 Å². The van der Waals surface area contributed by atoms with Crippen LogP contribution in [0.5, 0.6) is 0 Å². The van der Waals surface area contributed by atoms with Crippen molar-refractivity contribution in [1.29, 1.82) is 0 Å². The number of benzene rings is 2. The van der Waals surface area contributed by atoms with Gasteiger partial charge >= 0.3 is 12.4 Å². The Bertz CT molecular complexity index is 1070. The molecule has 2 aliphatic rings. The van der Waals surface area contributed by atoms with E-state index in [1.165, 1.54) is 24.3 Å². The van der Waals surface area contributed by atoms with Crippen LogP contribution in [0.15, 0.2) is 58.5 Å². The molecule has 0 unspecified atom stereocenters. The van der Waals surface area contributed by atoms with E-state index in [0.29, 0.717) is 44.5 Å². The van der Waals surface area contributed by atoms with Gasteiger partial charge in [0, 0.05) is 0 Å². The molecule has 2 aromatic rings. The third kappa shape index (κ3) is 8.35. The summed E-state index contributed by atoms with van der Waals surface area (Å²) in [5, 5.41) is 0. The molecule has 0 radical (unpaired) electrons. The Labute approximate surface area is 204 Å². The minimum absolute atomic E-state index is 0.00675. The van der Waals surface area contributed by atoms with E-state index in [0.717, 1.165) is 23.8 Å². The number of hydrogen-bond donors (Lipinski definition) is 2. The smallest absolute Gasteiger partial charge is 0.416 e. The predicted octanol–water partition coefficient (Wildman–Crippen LogP) is 4.70. The Morgan fingerprint density at radius 2 is 1.19 bits per heavy atom. The lowest BCUT2D eigenvalue weighted by Crippen LogP contribution is -2.10. The molecule has 0 bridgehead atoms. The molecule has 0 aromatic heterocycles. The van der Waals surface area contributed by atoms with Crippen molar-refractivity contribution in [1.82, 2.24) is 0 Å². The summed E-state index contributed by atoms with van der Waals surface area (Å²) >= 11 is 0. The van der Waals surface area contributed by atoms with E-state index < -0.39 is 23.5 Å². The number of nitrogens with zero attached hydrogens (tertiary/aromatic N) is 2. The molecule has 0 saturated carbocycles. The van der Waals surface area contributed by atoms with Crippen LogP contribution >= 0.6 is 0 Å². The van der Waals surface area contributed by atoms with E-state index >= 15 is 0 Å². The quantitative estimate of drug-likeness (QED) is 0.544. The molecule has 0 saturated heterocycles. The Balaban J connectivity index is 0.000000201. The van der Waals surface area contributed by atoms with Gasteiger partial charge in [-0.25, -0.2) is 9.98 Å². The summed E-state index contributed by atoms with van der Waals surface area (Å²) in [6, 6.07) is 10.8. The molecule has 4 rings (SSSR count). The van der Waals surface area contributed by atoms with Gasteiger partial charge in [0.1, 0.15) is 13.2 Å². The fourth-order valence-electron chi connectivity index (χ4n) is 3.60. The molecule has 0 spiro atoms. The van der Waals surface area contributed by atoms with Crippen LogP contribution in [0.2, 0.25) is 0 Å². The van der Waals surface area contributed by atoms with Crippen LogP contribution in [0.25, 0.3) is 0 Å². The SMILES string of the molecule is NC1=N[C@@H](CCc2ccc(C(F)(F)F)cc2)CO1.NC1=N[C@@H](CCc2cccc(C(F)(F)F)c2)CO1. The maximum atomic E-state index is 12.5. The second-order valence-corrected chi connectivity index (χ2v) is 8.33. The van der Waals surface area contributed by atoms with Gasteiger partial charge in [-0.2, -0.15) is 26.3 Å². The monoisotopic (exact) mass is 516 g/mol. The highest BCUT2D eigenvalue weighted by Crippen LogP contribution is 2.30. The van der Waals surface area contributed by atoms with Crippen LogP contribution in [-0.4, -0.2) is 37.3 Å². The molecule has 6 nitrogen and oxygen atoms in total. The number of hydrogen-bond acceptors (Lipinski definition) is 6. The van der Waals surface area contributed by atoms with E-state index in [-0.39, 0.29) is 24.1 Å². The minimum Gasteiger partial charge on any atom is -0.463 e. The van der Waals surface area contributed by atoms with Crippen molar-refractivity contribution < 1.29 is 35.8 Å². The predicted molar refractivity (Wildman–Crippen MR) is 122 cm³/mol. The van der Waals surface area contributed by atoms with Crippen LogP contribution in [0, 0.1) is 0 Å². The topological polar surface area (TPSA) is 95.2 Å². The van der Waals surface area contributed by atoms with Crippen molar-refractivity contribution in [3.8, 4) is 0 Å². The molecule has 0 aliphatic carbocycles. The zero-order valence-electron chi connectivity index (χ0n) is 19.1. The highest BCUT2D eigenvalue weighted by molar-refractivity contribution is 5.73. The lowest BCUT2D eigenvalue weighted by molar-refractivity contribution is -0.138. The van der Waals surface area contributed by atoms with Crippen LogP contribution in [0.3, 0.4) is 0 Å². The number of rotatable bonds is 6. The van der Waals surface area contributed by atoms with Gasteiger partial charge in [-0.3, -0.25) is 0 Å². The number of alkyl halides is 6. The van der Waals surface area contributed by atoms with Gasteiger partial charge < -0.3 is 20.9 Å². The first-order chi connectivity index (χ1) is 16.9. The van der Waals surface area contributed by atoms with Gasteiger partial charge in [0.25, 0.3) is 12.0 Å². The lowest BCUT2D eigenvalue weighted by Gasteiger charge is -2.09. The van der Waals surface area contributed by atoms with Gasteiger partial charge in [0.2, 0.25) is 0 Å². The first-order valence-corrected chi connectivity index (χ1v) is 11.1. The Morgan fingerprint density at radius 1 is 0.694 bits per heavy atom. The maximum absolute atomic E-state index is 12.5. The first-order valence-electron chi connectivity index (χ1n) is 11.1. The molecular weight excluding hydrogens is 490 g/mol. The van der Waals surface area contributed by atoms with Crippen LogP contribution in [0.4, 0.5) is 26.3 Å². The summed E-state index contributed by atoms with van der Waals surface area (Å²) in [5.74, 6) is 0. The fourth-order valence-corrected chi connectivity index (χ4v) is 3.60.